The molecule has 0 spiro atoms. The summed E-state index contributed by atoms with van der Waals surface area (Å²) in [6, 6.07) is 7.95. The van der Waals surface area contributed by atoms with Crippen molar-refractivity contribution in [3.05, 3.63) is 82.4 Å². The second-order valence-electron chi connectivity index (χ2n) is 7.96. The normalized spacial score (nSPS) is 11.6. The molecule has 0 aliphatic rings. The second kappa shape index (κ2) is 10.4. The summed E-state index contributed by atoms with van der Waals surface area (Å²) in [4.78, 5) is 0. The molecule has 0 aliphatic heterocycles. The summed E-state index contributed by atoms with van der Waals surface area (Å²) in [5.41, 5.74) is -2.85. The van der Waals surface area contributed by atoms with Gasteiger partial charge in [0.1, 0.15) is 22.9 Å². The van der Waals surface area contributed by atoms with E-state index < -0.39 is 51.8 Å². The number of aryl methyl sites for hydroxylation is 2. The van der Waals surface area contributed by atoms with Gasteiger partial charge >= 0.3 is 6.11 Å². The minimum atomic E-state index is -4.52. The topological polar surface area (TPSA) is 29.5 Å². The maximum atomic E-state index is 15.2. The van der Waals surface area contributed by atoms with Crippen LogP contribution in [0.3, 0.4) is 0 Å². The van der Waals surface area contributed by atoms with Gasteiger partial charge in [-0.2, -0.15) is 8.78 Å². The molecule has 0 fully saturated rings. The van der Waals surface area contributed by atoms with Crippen molar-refractivity contribution >= 4 is 0 Å². The zero-order valence-corrected chi connectivity index (χ0v) is 18.7. The lowest BCUT2D eigenvalue weighted by atomic mass is 9.97. The molecule has 2 nitrogen and oxygen atoms in total. The van der Waals surface area contributed by atoms with Gasteiger partial charge in [-0.25, -0.2) is 17.6 Å². The summed E-state index contributed by atoms with van der Waals surface area (Å²) in [6.45, 7) is 3.75. The standard InChI is InChI=1S/C26H24F6O2/c1-3-5-7-15-8-11-17(12-9-15)34-26(31,32)22-19(27)14-20(33)21(25(22)30)18-13-10-16(6-4-2)23(28)24(18)29/h8-14,33H,3-7H2,1-2H3. The van der Waals surface area contributed by atoms with Crippen molar-refractivity contribution < 1.29 is 36.2 Å². The first-order valence-electron chi connectivity index (χ1n) is 10.9. The molecular formula is C26H24F6O2. The molecule has 3 rings (SSSR count). The number of ether oxygens (including phenoxy) is 1. The predicted octanol–water partition coefficient (Wildman–Crippen LogP) is 8.04. The van der Waals surface area contributed by atoms with Crippen LogP contribution in [0.1, 0.15) is 49.8 Å². The molecular weight excluding hydrogens is 458 g/mol. The number of alkyl halides is 2. The lowest BCUT2D eigenvalue weighted by Crippen LogP contribution is -2.25. The SMILES string of the molecule is CCCCc1ccc(OC(F)(F)c2c(F)cc(O)c(-c3ccc(CCC)c(F)c3F)c2F)cc1. The third-order valence-corrected chi connectivity index (χ3v) is 5.43. The van der Waals surface area contributed by atoms with Gasteiger partial charge < -0.3 is 9.84 Å². The van der Waals surface area contributed by atoms with Crippen molar-refractivity contribution in [3.63, 3.8) is 0 Å². The monoisotopic (exact) mass is 482 g/mol. The van der Waals surface area contributed by atoms with E-state index in [1.807, 2.05) is 6.92 Å². The van der Waals surface area contributed by atoms with E-state index in [9.17, 15) is 27.1 Å². The minimum absolute atomic E-state index is 0.00188. The van der Waals surface area contributed by atoms with Crippen LogP contribution in [0, 0.1) is 23.3 Å². The Labute approximate surface area is 193 Å². The van der Waals surface area contributed by atoms with Crippen molar-refractivity contribution in [1.29, 1.82) is 0 Å². The van der Waals surface area contributed by atoms with Crippen molar-refractivity contribution in [1.82, 2.24) is 0 Å². The van der Waals surface area contributed by atoms with Gasteiger partial charge in [-0.3, -0.25) is 0 Å². The Morgan fingerprint density at radius 2 is 1.50 bits per heavy atom. The molecule has 0 amide bonds. The van der Waals surface area contributed by atoms with E-state index in [-0.39, 0.29) is 23.8 Å². The van der Waals surface area contributed by atoms with E-state index in [1.165, 1.54) is 12.1 Å². The second-order valence-corrected chi connectivity index (χ2v) is 7.96. The Kier molecular flexibility index (Phi) is 7.79. The summed E-state index contributed by atoms with van der Waals surface area (Å²) in [5.74, 6) is -8.09. The summed E-state index contributed by atoms with van der Waals surface area (Å²) >= 11 is 0. The summed E-state index contributed by atoms with van der Waals surface area (Å²) in [6.07, 6.45) is -1.24. The van der Waals surface area contributed by atoms with Crippen LogP contribution in [0.4, 0.5) is 26.3 Å². The molecule has 34 heavy (non-hydrogen) atoms. The van der Waals surface area contributed by atoms with Gasteiger partial charge in [-0.1, -0.05) is 51.0 Å². The van der Waals surface area contributed by atoms with Crippen LogP contribution in [0.2, 0.25) is 0 Å². The Hall–Kier alpha value is -3.16. The molecule has 0 atom stereocenters. The first-order chi connectivity index (χ1) is 16.1. The van der Waals surface area contributed by atoms with Gasteiger partial charge in [0.15, 0.2) is 17.5 Å². The average Bonchev–Trinajstić information content (AvgIpc) is 2.77. The van der Waals surface area contributed by atoms with Crippen molar-refractivity contribution in [2.24, 2.45) is 0 Å². The first-order valence-corrected chi connectivity index (χ1v) is 10.9. The maximum Gasteiger partial charge on any atom is 0.432 e. The molecule has 3 aromatic rings. The lowest BCUT2D eigenvalue weighted by Gasteiger charge is -2.21. The number of hydrogen-bond donors (Lipinski definition) is 1. The molecule has 0 heterocycles. The molecule has 0 radical (unpaired) electrons. The van der Waals surface area contributed by atoms with E-state index in [1.54, 1.807) is 19.1 Å². The van der Waals surface area contributed by atoms with Gasteiger partial charge in [-0.05, 0) is 42.5 Å². The van der Waals surface area contributed by atoms with Crippen molar-refractivity contribution in [2.75, 3.05) is 0 Å². The van der Waals surface area contributed by atoms with Gasteiger partial charge in [0, 0.05) is 11.6 Å². The molecule has 0 bridgehead atoms. The fraction of sp³-hybridized carbons (Fsp3) is 0.308. The molecule has 3 aromatic carbocycles. The van der Waals surface area contributed by atoms with E-state index >= 15 is 4.39 Å². The number of hydrogen-bond acceptors (Lipinski definition) is 2. The largest absolute Gasteiger partial charge is 0.507 e. The molecule has 0 aliphatic carbocycles. The number of benzene rings is 3. The maximum absolute atomic E-state index is 15.2. The predicted molar refractivity (Wildman–Crippen MR) is 117 cm³/mol. The first kappa shape index (κ1) is 25.5. The zero-order valence-electron chi connectivity index (χ0n) is 18.7. The number of halogens is 6. The molecule has 0 saturated carbocycles. The Morgan fingerprint density at radius 1 is 0.824 bits per heavy atom. The van der Waals surface area contributed by atoms with Crippen molar-refractivity contribution in [3.8, 4) is 22.6 Å². The van der Waals surface area contributed by atoms with Gasteiger partial charge in [-0.15, -0.1) is 0 Å². The fourth-order valence-electron chi connectivity index (χ4n) is 3.68. The van der Waals surface area contributed by atoms with Gasteiger partial charge in [0.05, 0.1) is 5.56 Å². The van der Waals surface area contributed by atoms with Crippen LogP contribution in [0.5, 0.6) is 11.5 Å². The number of phenols is 1. The molecule has 0 unspecified atom stereocenters. The minimum Gasteiger partial charge on any atom is -0.507 e. The highest BCUT2D eigenvalue weighted by Crippen LogP contribution is 2.43. The Bertz CT molecular complexity index is 1160. The van der Waals surface area contributed by atoms with Crippen LogP contribution in [0.15, 0.2) is 42.5 Å². The Morgan fingerprint density at radius 3 is 2.12 bits per heavy atom. The molecule has 182 valence electrons. The highest BCUT2D eigenvalue weighted by Gasteiger charge is 2.43. The number of rotatable bonds is 9. The Balaban J connectivity index is 2.03. The van der Waals surface area contributed by atoms with Gasteiger partial charge in [0.2, 0.25) is 0 Å². The van der Waals surface area contributed by atoms with E-state index in [0.29, 0.717) is 6.42 Å². The quantitative estimate of drug-likeness (QED) is 0.313. The van der Waals surface area contributed by atoms with Gasteiger partial charge in [0.25, 0.3) is 0 Å². The highest BCUT2D eigenvalue weighted by atomic mass is 19.3. The molecule has 1 N–H and O–H groups in total. The van der Waals surface area contributed by atoms with E-state index in [0.717, 1.165) is 37.0 Å². The summed E-state index contributed by atoms with van der Waals surface area (Å²) in [7, 11) is 0. The summed E-state index contributed by atoms with van der Waals surface area (Å²) in [5, 5.41) is 10.0. The number of unbranched alkanes of at least 4 members (excludes halogenated alkanes) is 1. The zero-order chi connectivity index (χ0) is 25.0. The van der Waals surface area contributed by atoms with E-state index in [4.69, 9.17) is 0 Å². The van der Waals surface area contributed by atoms with Crippen LogP contribution in [-0.2, 0) is 19.0 Å². The third kappa shape index (κ3) is 5.16. The summed E-state index contributed by atoms with van der Waals surface area (Å²) < 4.78 is 93.0. The molecule has 0 saturated heterocycles. The smallest absolute Gasteiger partial charge is 0.432 e. The molecule has 8 heteroatoms. The average molecular weight is 482 g/mol. The highest BCUT2D eigenvalue weighted by molar-refractivity contribution is 5.73. The van der Waals surface area contributed by atoms with Crippen molar-refractivity contribution in [2.45, 2.75) is 52.1 Å². The number of aromatic hydroxyl groups is 1. The van der Waals surface area contributed by atoms with Crippen LogP contribution in [-0.4, -0.2) is 5.11 Å². The lowest BCUT2D eigenvalue weighted by molar-refractivity contribution is -0.189. The van der Waals surface area contributed by atoms with Crippen LogP contribution in [0.25, 0.3) is 11.1 Å². The number of phenolic OH excluding ortho intramolecular Hbond substituents is 1. The van der Waals surface area contributed by atoms with Crippen LogP contribution >= 0.6 is 0 Å². The van der Waals surface area contributed by atoms with Crippen LogP contribution < -0.4 is 4.74 Å². The molecule has 0 aromatic heterocycles. The fourth-order valence-corrected chi connectivity index (χ4v) is 3.68. The third-order valence-electron chi connectivity index (χ3n) is 5.43. The van der Waals surface area contributed by atoms with E-state index in [2.05, 4.69) is 4.74 Å².